The zero-order valence-electron chi connectivity index (χ0n) is 16.1. The van der Waals surface area contributed by atoms with Gasteiger partial charge in [0.25, 0.3) is 0 Å². The number of esters is 1. The molecule has 0 amide bonds. The quantitative estimate of drug-likeness (QED) is 0.693. The largest absolute Gasteiger partial charge is 0.466 e. The summed E-state index contributed by atoms with van der Waals surface area (Å²) in [6, 6.07) is 2.15. The molecule has 0 aromatic carbocycles. The predicted octanol–water partition coefficient (Wildman–Crippen LogP) is 2.79. The average molecular weight is 351 g/mol. The smallest absolute Gasteiger partial charge is 0.313 e. The van der Waals surface area contributed by atoms with Gasteiger partial charge < -0.3 is 9.47 Å². The van der Waals surface area contributed by atoms with Crippen LogP contribution in [0.15, 0.2) is 6.07 Å². The molecule has 2 rings (SSSR count). The van der Waals surface area contributed by atoms with Crippen molar-refractivity contribution in [3.05, 3.63) is 17.5 Å². The van der Waals surface area contributed by atoms with Crippen LogP contribution in [0, 0.1) is 11.3 Å². The average Bonchev–Trinajstić information content (AvgIpc) is 2.99. The number of carbonyl (C=O) groups excluding carboxylic acids is 1. The number of H-pyrrole nitrogens is 1. The number of methoxy groups -OCH3 is 1. The molecular weight excluding hydrogens is 318 g/mol. The summed E-state index contributed by atoms with van der Waals surface area (Å²) < 4.78 is 10.6. The van der Waals surface area contributed by atoms with Gasteiger partial charge in [-0.25, -0.2) is 0 Å². The first-order chi connectivity index (χ1) is 12.0. The first-order valence-corrected chi connectivity index (χ1v) is 9.40. The minimum absolute atomic E-state index is 0.0816. The fraction of sp³-hybridized carbons (Fsp3) is 0.789. The fourth-order valence-electron chi connectivity index (χ4n) is 3.67. The SMILES string of the molecule is CCOC(=O)[C@@]1(CCOC)CCCN(Cc2cc(CC(C)C)n[nH]2)C1. The Morgan fingerprint density at radius 3 is 2.96 bits per heavy atom. The predicted molar refractivity (Wildman–Crippen MR) is 97.2 cm³/mol. The lowest BCUT2D eigenvalue weighted by molar-refractivity contribution is -0.160. The topological polar surface area (TPSA) is 67.5 Å². The van der Waals surface area contributed by atoms with Crippen LogP contribution in [0.3, 0.4) is 0 Å². The van der Waals surface area contributed by atoms with Crippen LogP contribution >= 0.6 is 0 Å². The van der Waals surface area contributed by atoms with Crippen molar-refractivity contribution in [2.75, 3.05) is 33.4 Å². The Morgan fingerprint density at radius 2 is 2.28 bits per heavy atom. The molecule has 6 heteroatoms. The Hall–Kier alpha value is -1.40. The van der Waals surface area contributed by atoms with Crippen LogP contribution in [-0.2, 0) is 27.2 Å². The lowest BCUT2D eigenvalue weighted by atomic mass is 9.77. The van der Waals surface area contributed by atoms with Gasteiger partial charge in [0.05, 0.1) is 17.7 Å². The van der Waals surface area contributed by atoms with E-state index in [2.05, 4.69) is 35.0 Å². The molecular formula is C19H33N3O3. The van der Waals surface area contributed by atoms with Crippen molar-refractivity contribution in [3.8, 4) is 0 Å². The van der Waals surface area contributed by atoms with Gasteiger partial charge in [-0.1, -0.05) is 13.8 Å². The van der Waals surface area contributed by atoms with E-state index in [1.165, 1.54) is 0 Å². The molecule has 2 heterocycles. The maximum absolute atomic E-state index is 12.6. The Balaban J connectivity index is 2.03. The normalized spacial score (nSPS) is 21.6. The van der Waals surface area contributed by atoms with E-state index in [-0.39, 0.29) is 5.97 Å². The Bertz CT molecular complexity index is 544. The number of hydrogen-bond acceptors (Lipinski definition) is 5. The van der Waals surface area contributed by atoms with E-state index in [0.717, 1.165) is 43.7 Å². The highest BCUT2D eigenvalue weighted by Crippen LogP contribution is 2.35. The molecule has 1 fully saturated rings. The van der Waals surface area contributed by atoms with Crippen molar-refractivity contribution in [2.45, 2.75) is 53.0 Å². The highest BCUT2D eigenvalue weighted by molar-refractivity contribution is 5.77. The number of hydrogen-bond donors (Lipinski definition) is 1. The van der Waals surface area contributed by atoms with E-state index < -0.39 is 5.41 Å². The molecule has 0 bridgehead atoms. The second kappa shape index (κ2) is 9.34. The van der Waals surface area contributed by atoms with Crippen LogP contribution in [0.4, 0.5) is 0 Å². The van der Waals surface area contributed by atoms with E-state index in [9.17, 15) is 4.79 Å². The van der Waals surface area contributed by atoms with Gasteiger partial charge in [0.1, 0.15) is 0 Å². The Labute approximate surface area is 151 Å². The summed E-state index contributed by atoms with van der Waals surface area (Å²) in [5.41, 5.74) is 1.77. The van der Waals surface area contributed by atoms with Gasteiger partial charge in [0, 0.05) is 32.5 Å². The Kier molecular flexibility index (Phi) is 7.44. The summed E-state index contributed by atoms with van der Waals surface area (Å²) in [5, 5.41) is 7.56. The van der Waals surface area contributed by atoms with Crippen LogP contribution < -0.4 is 0 Å². The number of nitrogens with one attached hydrogen (secondary N) is 1. The van der Waals surface area contributed by atoms with Gasteiger partial charge in [0.15, 0.2) is 0 Å². The summed E-state index contributed by atoms with van der Waals surface area (Å²) in [6.07, 6.45) is 3.56. The van der Waals surface area contributed by atoms with Crippen molar-refractivity contribution in [1.29, 1.82) is 0 Å². The number of carbonyl (C=O) groups is 1. The number of piperidine rings is 1. The van der Waals surface area contributed by atoms with Gasteiger partial charge in [-0.15, -0.1) is 0 Å². The molecule has 1 aliphatic heterocycles. The van der Waals surface area contributed by atoms with Crippen LogP contribution in [0.25, 0.3) is 0 Å². The first kappa shape index (κ1) is 19.9. The lowest BCUT2D eigenvalue weighted by Crippen LogP contribution is -2.48. The van der Waals surface area contributed by atoms with E-state index in [4.69, 9.17) is 9.47 Å². The number of aromatic amines is 1. The van der Waals surface area contributed by atoms with Gasteiger partial charge in [-0.05, 0) is 51.1 Å². The summed E-state index contributed by atoms with van der Waals surface area (Å²) in [7, 11) is 1.68. The summed E-state index contributed by atoms with van der Waals surface area (Å²) in [5.74, 6) is 0.513. The lowest BCUT2D eigenvalue weighted by Gasteiger charge is -2.40. The second-order valence-corrected chi connectivity index (χ2v) is 7.54. The Morgan fingerprint density at radius 1 is 1.48 bits per heavy atom. The zero-order valence-corrected chi connectivity index (χ0v) is 16.1. The van der Waals surface area contributed by atoms with Gasteiger partial charge in [-0.2, -0.15) is 5.10 Å². The fourth-order valence-corrected chi connectivity index (χ4v) is 3.67. The third kappa shape index (κ3) is 5.54. The maximum atomic E-state index is 12.6. The number of nitrogens with zero attached hydrogens (tertiary/aromatic N) is 2. The van der Waals surface area contributed by atoms with Gasteiger partial charge in [-0.3, -0.25) is 14.8 Å². The zero-order chi connectivity index (χ0) is 18.3. The van der Waals surface area contributed by atoms with Crippen molar-refractivity contribution in [1.82, 2.24) is 15.1 Å². The maximum Gasteiger partial charge on any atom is 0.313 e. The molecule has 1 aromatic heterocycles. The number of likely N-dealkylation sites (tertiary alicyclic amines) is 1. The molecule has 25 heavy (non-hydrogen) atoms. The van der Waals surface area contributed by atoms with E-state index >= 15 is 0 Å². The molecule has 142 valence electrons. The van der Waals surface area contributed by atoms with E-state index in [1.54, 1.807) is 7.11 Å². The minimum Gasteiger partial charge on any atom is -0.466 e. The van der Waals surface area contributed by atoms with Crippen molar-refractivity contribution < 1.29 is 14.3 Å². The highest BCUT2D eigenvalue weighted by atomic mass is 16.5. The highest BCUT2D eigenvalue weighted by Gasteiger charge is 2.43. The van der Waals surface area contributed by atoms with Crippen LogP contribution in [-0.4, -0.2) is 54.5 Å². The van der Waals surface area contributed by atoms with Crippen molar-refractivity contribution in [2.24, 2.45) is 11.3 Å². The van der Waals surface area contributed by atoms with Gasteiger partial charge in [0.2, 0.25) is 0 Å². The molecule has 0 aliphatic carbocycles. The van der Waals surface area contributed by atoms with E-state index in [1.807, 2.05) is 6.92 Å². The number of rotatable bonds is 9. The standard InChI is InChI=1S/C19H33N3O3/c1-5-25-18(23)19(8-10-24-4)7-6-9-22(14-19)13-17-12-16(20-21-17)11-15(2)3/h12,15H,5-11,13-14H2,1-4H3,(H,20,21)/t19-/m1/s1. The second-order valence-electron chi connectivity index (χ2n) is 7.54. The monoisotopic (exact) mass is 351 g/mol. The molecule has 1 N–H and O–H groups in total. The molecule has 1 aromatic rings. The molecule has 0 spiro atoms. The third-order valence-electron chi connectivity index (χ3n) is 4.84. The molecule has 0 unspecified atom stereocenters. The van der Waals surface area contributed by atoms with Crippen molar-refractivity contribution >= 4 is 5.97 Å². The molecule has 1 aliphatic rings. The van der Waals surface area contributed by atoms with Crippen LogP contribution in [0.2, 0.25) is 0 Å². The van der Waals surface area contributed by atoms with Crippen LogP contribution in [0.1, 0.15) is 51.4 Å². The number of aromatic nitrogens is 2. The molecule has 1 atom stereocenters. The third-order valence-corrected chi connectivity index (χ3v) is 4.84. The molecule has 1 saturated heterocycles. The summed E-state index contributed by atoms with van der Waals surface area (Å²) >= 11 is 0. The summed E-state index contributed by atoms with van der Waals surface area (Å²) in [6.45, 7) is 9.76. The number of ether oxygens (including phenoxy) is 2. The molecule has 0 radical (unpaired) electrons. The minimum atomic E-state index is -0.453. The van der Waals surface area contributed by atoms with Gasteiger partial charge >= 0.3 is 5.97 Å². The first-order valence-electron chi connectivity index (χ1n) is 9.40. The van der Waals surface area contributed by atoms with Crippen molar-refractivity contribution in [3.63, 3.8) is 0 Å². The van der Waals surface area contributed by atoms with Crippen LogP contribution in [0.5, 0.6) is 0 Å². The molecule has 6 nitrogen and oxygen atoms in total. The molecule has 0 saturated carbocycles. The van der Waals surface area contributed by atoms with E-state index in [0.29, 0.717) is 32.1 Å². The summed E-state index contributed by atoms with van der Waals surface area (Å²) in [4.78, 5) is 15.0.